The minimum absolute atomic E-state index is 0.0887. The minimum Gasteiger partial charge on any atom is -0.353 e. The van der Waals surface area contributed by atoms with Crippen molar-refractivity contribution in [3.63, 3.8) is 0 Å². The number of nitrogens with zero attached hydrogens (tertiary/aromatic N) is 3. The molecule has 0 amide bonds. The lowest BCUT2D eigenvalue weighted by atomic mass is 10.0. The first-order valence-electron chi connectivity index (χ1n) is 6.74. The number of pyridine rings is 1. The van der Waals surface area contributed by atoms with Crippen molar-refractivity contribution >= 4 is 11.5 Å². The molecule has 0 spiro atoms. The lowest BCUT2D eigenvalue weighted by molar-refractivity contribution is -0.384. The Morgan fingerprint density at radius 3 is 3.00 bits per heavy atom. The van der Waals surface area contributed by atoms with E-state index >= 15 is 0 Å². The van der Waals surface area contributed by atoms with Crippen LogP contribution in [0.25, 0.3) is 0 Å². The highest BCUT2D eigenvalue weighted by molar-refractivity contribution is 5.47. The Kier molecular flexibility index (Phi) is 4.31. The Morgan fingerprint density at radius 1 is 1.58 bits per heavy atom. The van der Waals surface area contributed by atoms with Gasteiger partial charge in [-0.2, -0.15) is 0 Å². The molecule has 0 aliphatic heterocycles. The summed E-state index contributed by atoms with van der Waals surface area (Å²) in [6.45, 7) is 3.50. The van der Waals surface area contributed by atoms with E-state index in [1.165, 1.54) is 12.3 Å². The van der Waals surface area contributed by atoms with Crippen molar-refractivity contribution in [3.8, 4) is 0 Å². The second-order valence-electron chi connectivity index (χ2n) is 4.91. The molecule has 1 aliphatic carbocycles. The molecular weight excluding hydrogens is 244 g/mol. The Morgan fingerprint density at radius 2 is 2.37 bits per heavy atom. The van der Waals surface area contributed by atoms with Gasteiger partial charge in [-0.05, 0) is 32.2 Å². The lowest BCUT2D eigenvalue weighted by Gasteiger charge is -2.32. The molecule has 0 saturated heterocycles. The number of rotatable bonds is 5. The number of anilines is 1. The van der Waals surface area contributed by atoms with Crippen LogP contribution in [-0.4, -0.2) is 29.0 Å². The zero-order valence-electron chi connectivity index (χ0n) is 11.2. The molecule has 1 aromatic rings. The second kappa shape index (κ2) is 5.97. The maximum atomic E-state index is 10.8. The summed E-state index contributed by atoms with van der Waals surface area (Å²) >= 11 is 0. The van der Waals surface area contributed by atoms with Crippen molar-refractivity contribution in [1.82, 2.24) is 4.98 Å². The van der Waals surface area contributed by atoms with Crippen LogP contribution in [0.1, 0.15) is 26.2 Å². The van der Waals surface area contributed by atoms with Crippen LogP contribution in [0.15, 0.2) is 18.3 Å². The molecule has 0 bridgehead atoms. The third-order valence-electron chi connectivity index (χ3n) is 3.90. The van der Waals surface area contributed by atoms with Crippen LogP contribution in [0.4, 0.5) is 11.5 Å². The van der Waals surface area contributed by atoms with E-state index in [1.54, 1.807) is 6.07 Å². The summed E-state index contributed by atoms with van der Waals surface area (Å²) in [6, 6.07) is 3.33. The van der Waals surface area contributed by atoms with Gasteiger partial charge in [0.15, 0.2) is 0 Å². The normalized spacial score (nSPS) is 22.4. The SMILES string of the molecule is CCN(c1cc([N+](=O)[O-])ccn1)C1CCCC1CN. The molecule has 0 aromatic carbocycles. The topological polar surface area (TPSA) is 85.3 Å². The predicted molar refractivity (Wildman–Crippen MR) is 74.1 cm³/mol. The maximum absolute atomic E-state index is 10.8. The van der Waals surface area contributed by atoms with Gasteiger partial charge in [-0.15, -0.1) is 0 Å². The van der Waals surface area contributed by atoms with E-state index in [9.17, 15) is 10.1 Å². The fourth-order valence-corrected chi connectivity index (χ4v) is 2.95. The summed E-state index contributed by atoms with van der Waals surface area (Å²) in [4.78, 5) is 16.9. The molecule has 1 aliphatic rings. The third-order valence-corrected chi connectivity index (χ3v) is 3.90. The molecular formula is C13H20N4O2. The van der Waals surface area contributed by atoms with Gasteiger partial charge < -0.3 is 10.6 Å². The Hall–Kier alpha value is -1.69. The van der Waals surface area contributed by atoms with E-state index in [0.717, 1.165) is 25.8 Å². The molecule has 6 heteroatoms. The fraction of sp³-hybridized carbons (Fsp3) is 0.615. The van der Waals surface area contributed by atoms with Crippen molar-refractivity contribution in [3.05, 3.63) is 28.4 Å². The maximum Gasteiger partial charge on any atom is 0.274 e. The molecule has 6 nitrogen and oxygen atoms in total. The number of nitro groups is 1. The average Bonchev–Trinajstić information content (AvgIpc) is 2.88. The first-order chi connectivity index (χ1) is 9.17. The second-order valence-corrected chi connectivity index (χ2v) is 4.91. The summed E-state index contributed by atoms with van der Waals surface area (Å²) in [5.74, 6) is 1.14. The highest BCUT2D eigenvalue weighted by atomic mass is 16.6. The Bertz CT molecular complexity index is 452. The number of hydrogen-bond donors (Lipinski definition) is 1. The van der Waals surface area contributed by atoms with E-state index in [4.69, 9.17) is 5.73 Å². The van der Waals surface area contributed by atoms with Crippen LogP contribution in [0, 0.1) is 16.0 Å². The van der Waals surface area contributed by atoms with Crippen molar-refractivity contribution < 1.29 is 4.92 Å². The Labute approximate surface area is 112 Å². The standard InChI is InChI=1S/C13H20N4O2/c1-2-16(12-5-3-4-10(12)9-14)13-8-11(17(18)19)6-7-15-13/h6-8,10,12H,2-5,9,14H2,1H3. The van der Waals surface area contributed by atoms with Gasteiger partial charge in [0.1, 0.15) is 5.82 Å². The van der Waals surface area contributed by atoms with Crippen LogP contribution >= 0.6 is 0 Å². The summed E-state index contributed by atoms with van der Waals surface area (Å²) in [6.07, 6.45) is 4.88. The van der Waals surface area contributed by atoms with Gasteiger partial charge in [-0.3, -0.25) is 10.1 Å². The molecule has 1 heterocycles. The first-order valence-corrected chi connectivity index (χ1v) is 6.74. The van der Waals surface area contributed by atoms with E-state index in [-0.39, 0.29) is 10.6 Å². The van der Waals surface area contributed by atoms with Crippen molar-refractivity contribution in [2.45, 2.75) is 32.2 Å². The monoisotopic (exact) mass is 264 g/mol. The zero-order chi connectivity index (χ0) is 13.8. The number of hydrogen-bond acceptors (Lipinski definition) is 5. The van der Waals surface area contributed by atoms with Gasteiger partial charge in [0.2, 0.25) is 0 Å². The first kappa shape index (κ1) is 13.7. The molecule has 2 rings (SSSR count). The average molecular weight is 264 g/mol. The molecule has 0 radical (unpaired) electrons. The molecule has 1 fully saturated rings. The van der Waals surface area contributed by atoms with Gasteiger partial charge in [-0.25, -0.2) is 4.98 Å². The predicted octanol–water partition coefficient (Wildman–Crippen LogP) is 1.94. The van der Waals surface area contributed by atoms with E-state index in [2.05, 4.69) is 9.88 Å². The van der Waals surface area contributed by atoms with Gasteiger partial charge in [0.05, 0.1) is 11.0 Å². The van der Waals surface area contributed by atoms with Gasteiger partial charge in [-0.1, -0.05) is 6.42 Å². The largest absolute Gasteiger partial charge is 0.353 e. The zero-order valence-corrected chi connectivity index (χ0v) is 11.2. The quantitative estimate of drug-likeness (QED) is 0.649. The summed E-state index contributed by atoms with van der Waals surface area (Å²) < 4.78 is 0. The summed E-state index contributed by atoms with van der Waals surface area (Å²) in [5, 5.41) is 10.8. The molecule has 19 heavy (non-hydrogen) atoms. The van der Waals surface area contributed by atoms with Crippen molar-refractivity contribution in [1.29, 1.82) is 0 Å². The van der Waals surface area contributed by atoms with Crippen LogP contribution < -0.4 is 10.6 Å². The van der Waals surface area contributed by atoms with Crippen molar-refractivity contribution in [2.75, 3.05) is 18.0 Å². The van der Waals surface area contributed by atoms with Crippen LogP contribution in [0.5, 0.6) is 0 Å². The molecule has 1 saturated carbocycles. The van der Waals surface area contributed by atoms with Gasteiger partial charge >= 0.3 is 0 Å². The number of nitrogens with two attached hydrogens (primary N) is 1. The van der Waals surface area contributed by atoms with Crippen LogP contribution in [0.2, 0.25) is 0 Å². The molecule has 2 atom stereocenters. The molecule has 1 aromatic heterocycles. The minimum atomic E-state index is -0.381. The number of aromatic nitrogens is 1. The summed E-state index contributed by atoms with van der Waals surface area (Å²) in [5.41, 5.74) is 5.91. The summed E-state index contributed by atoms with van der Waals surface area (Å²) in [7, 11) is 0. The van der Waals surface area contributed by atoms with Gasteiger partial charge in [0, 0.05) is 24.8 Å². The Balaban J connectivity index is 2.26. The van der Waals surface area contributed by atoms with E-state index in [1.807, 2.05) is 6.92 Å². The fourth-order valence-electron chi connectivity index (χ4n) is 2.95. The molecule has 104 valence electrons. The van der Waals surface area contributed by atoms with Crippen molar-refractivity contribution in [2.24, 2.45) is 11.7 Å². The lowest BCUT2D eigenvalue weighted by Crippen LogP contribution is -2.40. The highest BCUT2D eigenvalue weighted by Crippen LogP contribution is 2.32. The van der Waals surface area contributed by atoms with Crippen LogP contribution in [-0.2, 0) is 0 Å². The van der Waals surface area contributed by atoms with Gasteiger partial charge in [0.25, 0.3) is 5.69 Å². The van der Waals surface area contributed by atoms with E-state index < -0.39 is 0 Å². The highest BCUT2D eigenvalue weighted by Gasteiger charge is 2.31. The smallest absolute Gasteiger partial charge is 0.274 e. The molecule has 2 N–H and O–H groups in total. The molecule has 2 unspecified atom stereocenters. The third kappa shape index (κ3) is 2.84. The van der Waals surface area contributed by atoms with E-state index in [0.29, 0.717) is 24.3 Å². The van der Waals surface area contributed by atoms with Crippen LogP contribution in [0.3, 0.4) is 0 Å².